The van der Waals surface area contributed by atoms with Crippen LogP contribution in [0.1, 0.15) is 21.6 Å². The second-order valence-electron chi connectivity index (χ2n) is 3.56. The van der Waals surface area contributed by atoms with Crippen LogP contribution in [0.5, 0.6) is 0 Å². The molecule has 0 saturated carbocycles. The van der Waals surface area contributed by atoms with Crippen LogP contribution in [-0.4, -0.2) is 20.5 Å². The number of aromatic carboxylic acids is 1. The van der Waals surface area contributed by atoms with Gasteiger partial charge in [0.15, 0.2) is 0 Å². The summed E-state index contributed by atoms with van der Waals surface area (Å²) in [5, 5.41) is 8.74. The summed E-state index contributed by atoms with van der Waals surface area (Å²) in [5.74, 6) is -1.41. The van der Waals surface area contributed by atoms with Gasteiger partial charge in [0.1, 0.15) is 5.65 Å². The Labute approximate surface area is 93.3 Å². The van der Waals surface area contributed by atoms with Gasteiger partial charge in [-0.3, -0.25) is 0 Å². The van der Waals surface area contributed by atoms with Crippen molar-refractivity contribution in [3.8, 4) is 0 Å². The molecule has 0 aliphatic heterocycles. The summed E-state index contributed by atoms with van der Waals surface area (Å²) < 4.78 is 39.2. The zero-order valence-corrected chi connectivity index (χ0v) is 8.62. The van der Waals surface area contributed by atoms with Gasteiger partial charge in [0.05, 0.1) is 16.8 Å². The van der Waals surface area contributed by atoms with Gasteiger partial charge in [-0.1, -0.05) is 0 Å². The fourth-order valence-corrected chi connectivity index (χ4v) is 1.55. The number of halogens is 3. The highest BCUT2D eigenvalue weighted by Crippen LogP contribution is 2.32. The Morgan fingerprint density at radius 1 is 1.41 bits per heavy atom. The van der Waals surface area contributed by atoms with Crippen LogP contribution in [0.2, 0.25) is 0 Å². The van der Waals surface area contributed by atoms with Gasteiger partial charge in [0.25, 0.3) is 0 Å². The number of carbonyl (C=O) groups is 1. The van der Waals surface area contributed by atoms with Crippen LogP contribution in [0, 0.1) is 6.92 Å². The average Bonchev–Trinajstić information content (AvgIpc) is 2.54. The molecule has 0 saturated heterocycles. The van der Waals surface area contributed by atoms with Crippen LogP contribution in [0.3, 0.4) is 0 Å². The molecule has 2 aromatic rings. The quantitative estimate of drug-likeness (QED) is 0.837. The van der Waals surface area contributed by atoms with Crippen molar-refractivity contribution in [1.82, 2.24) is 9.38 Å². The smallest absolute Gasteiger partial charge is 0.420 e. The molecule has 17 heavy (non-hydrogen) atoms. The molecule has 2 aromatic heterocycles. The normalized spacial score (nSPS) is 12.0. The highest BCUT2D eigenvalue weighted by molar-refractivity contribution is 5.88. The maximum absolute atomic E-state index is 12.7. The Hall–Kier alpha value is -2.05. The number of aromatic nitrogens is 2. The van der Waals surface area contributed by atoms with E-state index in [2.05, 4.69) is 4.98 Å². The lowest BCUT2D eigenvalue weighted by molar-refractivity contribution is -0.136. The van der Waals surface area contributed by atoms with Crippen LogP contribution in [0.4, 0.5) is 13.2 Å². The Morgan fingerprint density at radius 2 is 2.06 bits per heavy atom. The standard InChI is InChI=1S/C10H7F3N2O2/c1-5-3-15-4-6(9(16)17)2-7(8(15)14-5)10(11,12)13/h2-4H,1H3,(H,16,17). The van der Waals surface area contributed by atoms with Gasteiger partial charge >= 0.3 is 12.1 Å². The van der Waals surface area contributed by atoms with Crippen molar-refractivity contribution in [2.75, 3.05) is 0 Å². The molecule has 90 valence electrons. The monoisotopic (exact) mass is 244 g/mol. The Kier molecular flexibility index (Phi) is 2.34. The molecule has 2 heterocycles. The molecular weight excluding hydrogens is 237 g/mol. The zero-order chi connectivity index (χ0) is 12.8. The molecule has 0 aliphatic carbocycles. The van der Waals surface area contributed by atoms with E-state index in [1.54, 1.807) is 0 Å². The van der Waals surface area contributed by atoms with Crippen LogP contribution in [-0.2, 0) is 6.18 Å². The first kappa shape index (κ1) is 11.4. The van der Waals surface area contributed by atoms with Crippen LogP contribution in [0.25, 0.3) is 5.65 Å². The van der Waals surface area contributed by atoms with Gasteiger partial charge in [0.2, 0.25) is 0 Å². The van der Waals surface area contributed by atoms with E-state index in [9.17, 15) is 18.0 Å². The minimum absolute atomic E-state index is 0.292. The van der Waals surface area contributed by atoms with E-state index in [0.717, 1.165) is 10.6 Å². The lowest BCUT2D eigenvalue weighted by Gasteiger charge is -2.09. The van der Waals surface area contributed by atoms with Crippen molar-refractivity contribution in [2.24, 2.45) is 0 Å². The highest BCUT2D eigenvalue weighted by atomic mass is 19.4. The van der Waals surface area contributed by atoms with Crippen molar-refractivity contribution in [3.63, 3.8) is 0 Å². The Bertz CT molecular complexity index is 601. The number of pyridine rings is 1. The largest absolute Gasteiger partial charge is 0.478 e. The van der Waals surface area contributed by atoms with Crippen molar-refractivity contribution >= 4 is 11.6 Å². The lowest BCUT2D eigenvalue weighted by Crippen LogP contribution is -2.10. The second kappa shape index (κ2) is 3.47. The average molecular weight is 244 g/mol. The van der Waals surface area contributed by atoms with Gasteiger partial charge < -0.3 is 9.51 Å². The summed E-state index contributed by atoms with van der Waals surface area (Å²) in [7, 11) is 0. The van der Waals surface area contributed by atoms with E-state index >= 15 is 0 Å². The molecule has 0 fully saturated rings. The molecule has 0 atom stereocenters. The van der Waals surface area contributed by atoms with E-state index in [-0.39, 0.29) is 5.65 Å². The number of alkyl halides is 3. The first-order chi connectivity index (χ1) is 7.79. The molecule has 0 amide bonds. The van der Waals surface area contributed by atoms with Crippen molar-refractivity contribution in [3.05, 3.63) is 35.3 Å². The number of imidazole rings is 1. The number of aryl methyl sites for hydroxylation is 1. The topological polar surface area (TPSA) is 54.6 Å². The van der Waals surface area contributed by atoms with Crippen LogP contribution in [0.15, 0.2) is 18.5 Å². The van der Waals surface area contributed by atoms with Gasteiger partial charge in [0, 0.05) is 12.4 Å². The fourth-order valence-electron chi connectivity index (χ4n) is 1.55. The third-order valence-corrected chi connectivity index (χ3v) is 2.22. The fraction of sp³-hybridized carbons (Fsp3) is 0.200. The summed E-state index contributed by atoms with van der Waals surface area (Å²) in [6.07, 6.45) is -2.19. The van der Waals surface area contributed by atoms with Crippen molar-refractivity contribution in [2.45, 2.75) is 13.1 Å². The molecule has 7 heteroatoms. The van der Waals surface area contributed by atoms with Crippen molar-refractivity contribution < 1.29 is 23.1 Å². The van der Waals surface area contributed by atoms with E-state index in [4.69, 9.17) is 5.11 Å². The summed E-state index contributed by atoms with van der Waals surface area (Å²) >= 11 is 0. The SMILES string of the molecule is Cc1cn2cc(C(=O)O)cc(C(F)(F)F)c2n1. The number of carboxylic acid groups (broad SMARTS) is 1. The minimum atomic E-state index is -4.63. The molecular formula is C10H7F3N2O2. The minimum Gasteiger partial charge on any atom is -0.478 e. The molecule has 0 radical (unpaired) electrons. The predicted octanol–water partition coefficient (Wildman–Crippen LogP) is 2.36. The molecule has 1 N–H and O–H groups in total. The third kappa shape index (κ3) is 1.95. The maximum atomic E-state index is 12.7. The maximum Gasteiger partial charge on any atom is 0.420 e. The summed E-state index contributed by atoms with van der Waals surface area (Å²) in [5.41, 5.74) is -1.38. The molecule has 0 bridgehead atoms. The van der Waals surface area contributed by atoms with Gasteiger partial charge in [-0.05, 0) is 13.0 Å². The molecule has 0 spiro atoms. The van der Waals surface area contributed by atoms with Gasteiger partial charge in [-0.2, -0.15) is 13.2 Å². The Balaban J connectivity index is 2.82. The van der Waals surface area contributed by atoms with Crippen LogP contribution < -0.4 is 0 Å². The molecule has 0 unspecified atom stereocenters. The zero-order valence-electron chi connectivity index (χ0n) is 8.62. The predicted molar refractivity (Wildman–Crippen MR) is 51.9 cm³/mol. The highest BCUT2D eigenvalue weighted by Gasteiger charge is 2.35. The molecule has 0 aromatic carbocycles. The Morgan fingerprint density at radius 3 is 2.59 bits per heavy atom. The lowest BCUT2D eigenvalue weighted by atomic mass is 10.2. The van der Waals surface area contributed by atoms with Crippen molar-refractivity contribution in [1.29, 1.82) is 0 Å². The summed E-state index contributed by atoms with van der Waals surface area (Å²) in [6.45, 7) is 1.54. The number of fused-ring (bicyclic) bond motifs is 1. The van der Waals surface area contributed by atoms with E-state index in [1.807, 2.05) is 0 Å². The summed E-state index contributed by atoms with van der Waals surface area (Å²) in [4.78, 5) is 14.5. The van der Waals surface area contributed by atoms with Gasteiger partial charge in [-0.25, -0.2) is 9.78 Å². The molecule has 0 aliphatic rings. The second-order valence-corrected chi connectivity index (χ2v) is 3.56. The van der Waals surface area contributed by atoms with Gasteiger partial charge in [-0.15, -0.1) is 0 Å². The third-order valence-electron chi connectivity index (χ3n) is 2.22. The number of hydrogen-bond donors (Lipinski definition) is 1. The number of nitrogens with zero attached hydrogens (tertiary/aromatic N) is 2. The van der Waals surface area contributed by atoms with E-state index in [1.165, 1.54) is 13.1 Å². The first-order valence-corrected chi connectivity index (χ1v) is 4.59. The molecule has 2 rings (SSSR count). The first-order valence-electron chi connectivity index (χ1n) is 4.59. The number of rotatable bonds is 1. The summed E-state index contributed by atoms with van der Waals surface area (Å²) in [6, 6.07) is 0.587. The number of hydrogen-bond acceptors (Lipinski definition) is 2. The van der Waals surface area contributed by atoms with E-state index in [0.29, 0.717) is 11.8 Å². The number of carboxylic acids is 1. The van der Waals surface area contributed by atoms with Crippen LogP contribution >= 0.6 is 0 Å². The van der Waals surface area contributed by atoms with E-state index < -0.39 is 23.3 Å². The molecule has 4 nitrogen and oxygen atoms in total.